The second-order valence-electron chi connectivity index (χ2n) is 7.45. The quantitative estimate of drug-likeness (QED) is 0.442. The molecule has 0 saturated carbocycles. The predicted molar refractivity (Wildman–Crippen MR) is 121 cm³/mol. The number of benzene rings is 2. The van der Waals surface area contributed by atoms with E-state index in [1.54, 1.807) is 18.2 Å². The van der Waals surface area contributed by atoms with E-state index in [2.05, 4.69) is 15.0 Å². The van der Waals surface area contributed by atoms with Crippen LogP contribution >= 0.6 is 35.0 Å². The third kappa shape index (κ3) is 4.87. The van der Waals surface area contributed by atoms with E-state index in [0.717, 1.165) is 31.0 Å². The molecule has 2 heterocycles. The van der Waals surface area contributed by atoms with Gasteiger partial charge in [-0.3, -0.25) is 0 Å². The fraction of sp³-hybridized carbons (Fsp3) is 0.333. The van der Waals surface area contributed by atoms with Crippen LogP contribution in [0.15, 0.2) is 41.4 Å². The molecule has 182 valence electrons. The summed E-state index contributed by atoms with van der Waals surface area (Å²) >= 11 is 13.1. The van der Waals surface area contributed by atoms with E-state index in [1.165, 1.54) is 10.9 Å². The first-order chi connectivity index (χ1) is 16.2. The molecule has 3 N–H and O–H groups in total. The van der Waals surface area contributed by atoms with Crippen molar-refractivity contribution in [1.29, 1.82) is 0 Å². The molecule has 1 aromatic heterocycles. The van der Waals surface area contributed by atoms with Gasteiger partial charge in [0.1, 0.15) is 35.5 Å². The van der Waals surface area contributed by atoms with Gasteiger partial charge in [0.05, 0.1) is 30.0 Å². The summed E-state index contributed by atoms with van der Waals surface area (Å²) in [6, 6.07) is 5.86. The van der Waals surface area contributed by atoms with Crippen LogP contribution in [0.5, 0.6) is 5.75 Å². The first-order valence-corrected chi connectivity index (χ1v) is 11.6. The van der Waals surface area contributed by atoms with Crippen LogP contribution in [-0.4, -0.2) is 67.8 Å². The molecule has 0 unspecified atom stereocenters. The van der Waals surface area contributed by atoms with Gasteiger partial charge < -0.3 is 24.8 Å². The third-order valence-electron chi connectivity index (χ3n) is 5.31. The zero-order chi connectivity index (χ0) is 24.6. The average molecular weight is 534 g/mol. The topological polar surface area (TPSA) is 110 Å². The predicted octanol–water partition coefficient (Wildman–Crippen LogP) is 3.31. The highest BCUT2D eigenvalue weighted by atomic mass is 35.5. The molecular formula is C21H19Cl2F2N3O5S. The number of hydrogen-bond acceptors (Lipinski definition) is 8. The largest absolute Gasteiger partial charge is 0.491 e. The van der Waals surface area contributed by atoms with Crippen molar-refractivity contribution in [2.45, 2.75) is 34.7 Å². The third-order valence-corrected chi connectivity index (χ3v) is 7.19. The standard InChI is InChI=1S/C21H19Cl2F2N3O5S/c1-32-20-13(24)4-9(5-14(20)25)15-7-28(27-26-15)17-18(30)16(8-29)33-21(19(17)31)34-10-2-3-11(22)12(23)6-10/h2-7,16-19,21,29-31H,8H2,1H3/t16-,17+,18+,19-,21-/m1/s1. The lowest BCUT2D eigenvalue weighted by molar-refractivity contribution is -0.178. The Morgan fingerprint density at radius 2 is 1.82 bits per heavy atom. The number of methoxy groups -OCH3 is 1. The van der Waals surface area contributed by atoms with E-state index in [9.17, 15) is 24.1 Å². The second kappa shape index (κ2) is 10.3. The highest BCUT2D eigenvalue weighted by Crippen LogP contribution is 2.39. The summed E-state index contributed by atoms with van der Waals surface area (Å²) in [6.45, 7) is -0.528. The van der Waals surface area contributed by atoms with Crippen LogP contribution in [-0.2, 0) is 4.74 Å². The Morgan fingerprint density at radius 3 is 2.44 bits per heavy atom. The number of aromatic nitrogens is 3. The van der Waals surface area contributed by atoms with E-state index in [4.69, 9.17) is 27.9 Å². The summed E-state index contributed by atoms with van der Waals surface area (Å²) < 4.78 is 39.8. The molecule has 13 heteroatoms. The number of aliphatic hydroxyl groups excluding tert-OH is 3. The number of thioether (sulfide) groups is 1. The molecule has 0 radical (unpaired) electrons. The van der Waals surface area contributed by atoms with Gasteiger partial charge in [0.15, 0.2) is 17.4 Å². The Kier molecular flexibility index (Phi) is 7.63. The molecule has 0 spiro atoms. The number of ether oxygens (including phenoxy) is 2. The maximum absolute atomic E-state index is 14.1. The van der Waals surface area contributed by atoms with Crippen molar-refractivity contribution in [2.75, 3.05) is 13.7 Å². The number of nitrogens with zero attached hydrogens (tertiary/aromatic N) is 3. The van der Waals surface area contributed by atoms with Gasteiger partial charge in [-0.1, -0.05) is 40.2 Å². The minimum atomic E-state index is -1.36. The Balaban J connectivity index is 1.63. The van der Waals surface area contributed by atoms with E-state index in [0.29, 0.717) is 14.9 Å². The van der Waals surface area contributed by atoms with Crippen LogP contribution in [0.3, 0.4) is 0 Å². The maximum atomic E-state index is 14.1. The summed E-state index contributed by atoms with van der Waals surface area (Å²) in [6.07, 6.45) is -2.38. The molecule has 3 aromatic rings. The van der Waals surface area contributed by atoms with E-state index < -0.39 is 53.8 Å². The molecule has 0 aliphatic carbocycles. The smallest absolute Gasteiger partial charge is 0.190 e. The van der Waals surface area contributed by atoms with Crippen molar-refractivity contribution in [3.63, 3.8) is 0 Å². The molecule has 1 aliphatic heterocycles. The zero-order valence-corrected chi connectivity index (χ0v) is 19.8. The lowest BCUT2D eigenvalue weighted by Gasteiger charge is -2.41. The highest BCUT2D eigenvalue weighted by molar-refractivity contribution is 7.99. The van der Waals surface area contributed by atoms with Crippen molar-refractivity contribution < 1.29 is 33.6 Å². The summed E-state index contributed by atoms with van der Waals surface area (Å²) in [7, 11) is 1.15. The van der Waals surface area contributed by atoms with E-state index in [1.807, 2.05) is 0 Å². The van der Waals surface area contributed by atoms with Gasteiger partial charge in [-0.2, -0.15) is 0 Å². The normalized spacial score (nSPS) is 24.9. The van der Waals surface area contributed by atoms with Crippen LogP contribution < -0.4 is 4.74 Å². The maximum Gasteiger partial charge on any atom is 0.190 e. The van der Waals surface area contributed by atoms with Gasteiger partial charge >= 0.3 is 0 Å². The summed E-state index contributed by atoms with van der Waals surface area (Å²) in [5.41, 5.74) is -0.745. The lowest BCUT2D eigenvalue weighted by atomic mass is 9.97. The lowest BCUT2D eigenvalue weighted by Crippen LogP contribution is -2.55. The van der Waals surface area contributed by atoms with Crippen molar-refractivity contribution in [3.05, 3.63) is 58.2 Å². The Morgan fingerprint density at radius 1 is 1.12 bits per heavy atom. The van der Waals surface area contributed by atoms with E-state index in [-0.39, 0.29) is 11.3 Å². The number of hydrogen-bond donors (Lipinski definition) is 3. The zero-order valence-electron chi connectivity index (χ0n) is 17.5. The first kappa shape index (κ1) is 25.1. The molecule has 0 bridgehead atoms. The van der Waals surface area contributed by atoms with Crippen molar-refractivity contribution in [2.24, 2.45) is 0 Å². The van der Waals surface area contributed by atoms with Gasteiger partial charge in [-0.15, -0.1) is 5.10 Å². The number of aliphatic hydroxyl groups is 3. The fourth-order valence-corrected chi connectivity index (χ4v) is 5.08. The molecule has 4 rings (SSSR count). The van der Waals surface area contributed by atoms with Crippen LogP contribution in [0.25, 0.3) is 11.3 Å². The molecule has 8 nitrogen and oxygen atoms in total. The molecule has 1 fully saturated rings. The monoisotopic (exact) mass is 533 g/mol. The first-order valence-electron chi connectivity index (χ1n) is 9.93. The van der Waals surface area contributed by atoms with Crippen LogP contribution in [0, 0.1) is 11.6 Å². The summed E-state index contributed by atoms with van der Waals surface area (Å²) in [5.74, 6) is -2.37. The van der Waals surface area contributed by atoms with Gasteiger partial charge in [-0.25, -0.2) is 13.5 Å². The van der Waals surface area contributed by atoms with Crippen molar-refractivity contribution >= 4 is 35.0 Å². The summed E-state index contributed by atoms with van der Waals surface area (Å²) in [5, 5.41) is 40.0. The van der Waals surface area contributed by atoms with Crippen LogP contribution in [0.1, 0.15) is 6.04 Å². The molecule has 34 heavy (non-hydrogen) atoms. The Bertz CT molecular complexity index is 1160. The van der Waals surface area contributed by atoms with Gasteiger partial charge in [0.2, 0.25) is 0 Å². The summed E-state index contributed by atoms with van der Waals surface area (Å²) in [4.78, 5) is 0.633. The average Bonchev–Trinajstić information content (AvgIpc) is 3.28. The number of halogens is 4. The molecular weight excluding hydrogens is 515 g/mol. The van der Waals surface area contributed by atoms with E-state index >= 15 is 0 Å². The minimum Gasteiger partial charge on any atom is -0.491 e. The van der Waals surface area contributed by atoms with Crippen molar-refractivity contribution in [3.8, 4) is 17.0 Å². The SMILES string of the molecule is COc1c(F)cc(-c2cn([C@@H]3[C@@H](O)[C@@H](Sc4ccc(Cl)c(Cl)c4)O[C@H](CO)[C@@H]3O)nn2)cc1F. The highest BCUT2D eigenvalue weighted by Gasteiger charge is 2.46. The fourth-order valence-electron chi connectivity index (χ4n) is 3.62. The second-order valence-corrected chi connectivity index (χ2v) is 9.43. The molecule has 2 aromatic carbocycles. The van der Waals surface area contributed by atoms with Crippen molar-refractivity contribution in [1.82, 2.24) is 15.0 Å². The molecule has 0 amide bonds. The van der Waals surface area contributed by atoms with Crippen LogP contribution in [0.2, 0.25) is 10.0 Å². The minimum absolute atomic E-state index is 0.0820. The molecule has 5 atom stereocenters. The Labute approximate surface area is 207 Å². The van der Waals surface area contributed by atoms with Crippen LogP contribution in [0.4, 0.5) is 8.78 Å². The Hall–Kier alpha value is -1.99. The molecule has 1 aliphatic rings. The van der Waals surface area contributed by atoms with Gasteiger partial charge in [0.25, 0.3) is 0 Å². The van der Waals surface area contributed by atoms with Gasteiger partial charge in [-0.05, 0) is 30.3 Å². The molecule has 1 saturated heterocycles. The number of rotatable bonds is 6. The van der Waals surface area contributed by atoms with Gasteiger partial charge in [0, 0.05) is 10.5 Å².